The van der Waals surface area contributed by atoms with E-state index in [9.17, 15) is 14.9 Å². The highest BCUT2D eigenvalue weighted by Gasteiger charge is 2.15. The third kappa shape index (κ3) is 6.33. The third-order valence-corrected chi connectivity index (χ3v) is 5.14. The highest BCUT2D eigenvalue weighted by Crippen LogP contribution is 2.34. The number of halogens is 1. The summed E-state index contributed by atoms with van der Waals surface area (Å²) in [6, 6.07) is 10.7. The quantitative estimate of drug-likeness (QED) is 0.333. The van der Waals surface area contributed by atoms with Crippen molar-refractivity contribution in [3.63, 3.8) is 0 Å². The van der Waals surface area contributed by atoms with Crippen molar-refractivity contribution in [3.8, 4) is 17.6 Å². The van der Waals surface area contributed by atoms with Gasteiger partial charge in [-0.1, -0.05) is 28.1 Å². The van der Waals surface area contributed by atoms with E-state index in [0.717, 1.165) is 11.1 Å². The second-order valence-corrected chi connectivity index (χ2v) is 7.34. The Bertz CT molecular complexity index is 1060. The van der Waals surface area contributed by atoms with Gasteiger partial charge >= 0.3 is 5.97 Å². The average Bonchev–Trinajstić information content (AvgIpc) is 2.74. The molecule has 0 aliphatic carbocycles. The van der Waals surface area contributed by atoms with Gasteiger partial charge in [-0.15, -0.1) is 0 Å². The van der Waals surface area contributed by atoms with E-state index in [4.69, 9.17) is 14.2 Å². The lowest BCUT2D eigenvalue weighted by Gasteiger charge is -2.13. The van der Waals surface area contributed by atoms with Crippen molar-refractivity contribution in [1.82, 2.24) is 0 Å². The molecule has 0 unspecified atom stereocenters. The van der Waals surface area contributed by atoms with Gasteiger partial charge in [0.2, 0.25) is 0 Å². The molecule has 0 heterocycles. The maximum atomic E-state index is 12.7. The first-order valence-electron chi connectivity index (χ1n) is 9.46. The summed E-state index contributed by atoms with van der Waals surface area (Å²) >= 11 is 3.41. The monoisotopic (exact) mass is 486 g/mol. The van der Waals surface area contributed by atoms with Crippen LogP contribution in [0.5, 0.6) is 11.5 Å². The Balaban J connectivity index is 2.29. The lowest BCUT2D eigenvalue weighted by molar-refractivity contribution is -0.145. The number of carbonyl (C=O) groups excluding carboxylic acids is 2. The number of nitrogens with zero attached hydrogens (tertiary/aromatic N) is 1. The minimum atomic E-state index is -0.523. The van der Waals surface area contributed by atoms with E-state index in [1.807, 2.05) is 32.0 Å². The number of nitrogens with one attached hydrogen (secondary N) is 1. The predicted molar refractivity (Wildman–Crippen MR) is 121 cm³/mol. The van der Waals surface area contributed by atoms with Crippen LogP contribution in [0.25, 0.3) is 6.08 Å². The van der Waals surface area contributed by atoms with Gasteiger partial charge in [-0.3, -0.25) is 4.79 Å². The molecule has 0 saturated heterocycles. The van der Waals surface area contributed by atoms with Crippen LogP contribution in [0.4, 0.5) is 5.69 Å². The average molecular weight is 487 g/mol. The molecule has 0 spiro atoms. The van der Waals surface area contributed by atoms with Crippen molar-refractivity contribution in [1.29, 1.82) is 5.26 Å². The standard InChI is InChI=1S/C23H23BrN2O5/c1-5-30-22(27)13-31-21-11-18(24)16(10-20(21)29-4)9-17(12-25)23(28)26-19-8-6-7-14(2)15(19)3/h6-11H,5,13H2,1-4H3,(H,26,28)/b17-9+. The topological polar surface area (TPSA) is 97.7 Å². The van der Waals surface area contributed by atoms with Crippen LogP contribution < -0.4 is 14.8 Å². The first kappa shape index (κ1) is 24.0. The molecule has 0 fully saturated rings. The van der Waals surface area contributed by atoms with E-state index in [1.54, 1.807) is 25.1 Å². The molecule has 2 aromatic rings. The fraction of sp³-hybridized carbons (Fsp3) is 0.261. The number of rotatable bonds is 8. The van der Waals surface area contributed by atoms with Crippen LogP contribution in [0.1, 0.15) is 23.6 Å². The molecule has 2 rings (SSSR count). The number of carbonyl (C=O) groups is 2. The molecule has 2 aromatic carbocycles. The van der Waals surface area contributed by atoms with Gasteiger partial charge in [0.05, 0.1) is 13.7 Å². The number of hydrogen-bond donors (Lipinski definition) is 1. The molecule has 0 aromatic heterocycles. The van der Waals surface area contributed by atoms with E-state index in [0.29, 0.717) is 27.2 Å². The molecule has 0 radical (unpaired) electrons. The fourth-order valence-corrected chi connectivity index (χ4v) is 3.09. The predicted octanol–water partition coefficient (Wildman–Crippen LogP) is 4.56. The summed E-state index contributed by atoms with van der Waals surface area (Å²) in [5.41, 5.74) is 3.06. The first-order chi connectivity index (χ1) is 14.8. The van der Waals surface area contributed by atoms with Crippen molar-refractivity contribution in [2.24, 2.45) is 0 Å². The summed E-state index contributed by atoms with van der Waals surface area (Å²) in [6.45, 7) is 5.54. The normalized spacial score (nSPS) is 10.8. The highest BCUT2D eigenvalue weighted by atomic mass is 79.9. The first-order valence-corrected chi connectivity index (χ1v) is 10.2. The number of aryl methyl sites for hydroxylation is 1. The van der Waals surface area contributed by atoms with Crippen LogP contribution >= 0.6 is 15.9 Å². The minimum absolute atomic E-state index is 0.0798. The number of esters is 1. The minimum Gasteiger partial charge on any atom is -0.493 e. The Hall–Kier alpha value is -3.31. The van der Waals surface area contributed by atoms with Gasteiger partial charge in [-0.2, -0.15) is 5.26 Å². The Morgan fingerprint density at radius 3 is 2.61 bits per heavy atom. The molecular weight excluding hydrogens is 464 g/mol. The zero-order valence-electron chi connectivity index (χ0n) is 17.7. The van der Waals surface area contributed by atoms with Crippen molar-refractivity contribution >= 4 is 39.6 Å². The maximum absolute atomic E-state index is 12.7. The summed E-state index contributed by atoms with van der Waals surface area (Å²) in [5.74, 6) is -0.367. The molecule has 1 N–H and O–H groups in total. The molecule has 162 valence electrons. The zero-order valence-corrected chi connectivity index (χ0v) is 19.3. The maximum Gasteiger partial charge on any atom is 0.344 e. The Morgan fingerprint density at radius 1 is 1.23 bits per heavy atom. The van der Waals surface area contributed by atoms with Crippen LogP contribution in [0.3, 0.4) is 0 Å². The molecule has 0 aliphatic heterocycles. The molecule has 8 heteroatoms. The van der Waals surface area contributed by atoms with Gasteiger partial charge < -0.3 is 19.5 Å². The number of nitriles is 1. The van der Waals surface area contributed by atoms with E-state index < -0.39 is 11.9 Å². The number of benzene rings is 2. The van der Waals surface area contributed by atoms with E-state index in [-0.39, 0.29) is 18.8 Å². The summed E-state index contributed by atoms with van der Waals surface area (Å²) < 4.78 is 16.2. The number of methoxy groups -OCH3 is 1. The van der Waals surface area contributed by atoms with E-state index in [1.165, 1.54) is 13.2 Å². The fourth-order valence-electron chi connectivity index (χ4n) is 2.65. The van der Waals surface area contributed by atoms with Crippen LogP contribution in [-0.2, 0) is 14.3 Å². The Kier molecular flexibility index (Phi) is 8.64. The molecular formula is C23H23BrN2O5. The smallest absolute Gasteiger partial charge is 0.344 e. The summed E-state index contributed by atoms with van der Waals surface area (Å²) in [7, 11) is 1.45. The number of hydrogen-bond acceptors (Lipinski definition) is 6. The van der Waals surface area contributed by atoms with Crippen LogP contribution in [-0.4, -0.2) is 32.2 Å². The molecule has 0 bridgehead atoms. The van der Waals surface area contributed by atoms with Gasteiger partial charge in [-0.25, -0.2) is 4.79 Å². The van der Waals surface area contributed by atoms with Gasteiger partial charge in [0.25, 0.3) is 5.91 Å². The van der Waals surface area contributed by atoms with Gasteiger partial charge in [0, 0.05) is 10.2 Å². The lowest BCUT2D eigenvalue weighted by atomic mass is 10.1. The van der Waals surface area contributed by atoms with Crippen LogP contribution in [0.15, 0.2) is 40.4 Å². The van der Waals surface area contributed by atoms with Crippen molar-refractivity contribution in [3.05, 3.63) is 57.1 Å². The van der Waals surface area contributed by atoms with Gasteiger partial charge in [0.1, 0.15) is 11.6 Å². The van der Waals surface area contributed by atoms with Crippen molar-refractivity contribution < 1.29 is 23.8 Å². The molecule has 0 saturated carbocycles. The lowest BCUT2D eigenvalue weighted by Crippen LogP contribution is -2.15. The second kappa shape index (κ2) is 11.2. The third-order valence-electron chi connectivity index (χ3n) is 4.45. The Morgan fingerprint density at radius 2 is 1.97 bits per heavy atom. The Labute approximate surface area is 189 Å². The van der Waals surface area contributed by atoms with Crippen LogP contribution in [0, 0.1) is 25.2 Å². The zero-order chi connectivity index (χ0) is 23.0. The molecule has 1 amide bonds. The van der Waals surface area contributed by atoms with E-state index in [2.05, 4.69) is 21.2 Å². The number of ether oxygens (including phenoxy) is 3. The largest absolute Gasteiger partial charge is 0.493 e. The van der Waals surface area contributed by atoms with Gasteiger partial charge in [-0.05, 0) is 61.7 Å². The summed E-state index contributed by atoms with van der Waals surface area (Å²) in [6.07, 6.45) is 1.45. The SMILES string of the molecule is CCOC(=O)COc1cc(Br)c(/C=C(\C#N)C(=O)Nc2cccc(C)c2C)cc1OC. The van der Waals surface area contributed by atoms with Gasteiger partial charge in [0.15, 0.2) is 18.1 Å². The molecule has 7 nitrogen and oxygen atoms in total. The second-order valence-electron chi connectivity index (χ2n) is 6.49. The molecule has 0 atom stereocenters. The summed E-state index contributed by atoms with van der Waals surface area (Å²) in [4.78, 5) is 24.2. The highest BCUT2D eigenvalue weighted by molar-refractivity contribution is 9.10. The number of anilines is 1. The van der Waals surface area contributed by atoms with Crippen molar-refractivity contribution in [2.45, 2.75) is 20.8 Å². The van der Waals surface area contributed by atoms with E-state index >= 15 is 0 Å². The molecule has 31 heavy (non-hydrogen) atoms. The van der Waals surface area contributed by atoms with Crippen molar-refractivity contribution in [2.75, 3.05) is 25.6 Å². The summed E-state index contributed by atoms with van der Waals surface area (Å²) in [5, 5.41) is 12.3. The van der Waals surface area contributed by atoms with Crippen LogP contribution in [0.2, 0.25) is 0 Å². The molecule has 0 aliphatic rings. The number of amides is 1.